The molecule has 1 saturated heterocycles. The van der Waals surface area contributed by atoms with Gasteiger partial charge >= 0.3 is 0 Å². The van der Waals surface area contributed by atoms with E-state index in [0.29, 0.717) is 19.5 Å². The quantitative estimate of drug-likeness (QED) is 0.736. The average molecular weight is 237 g/mol. The molecule has 1 rings (SSSR count). The standard InChI is InChI=1S/C9H19NO4S/c1-8-6-10(7-9(2)14-8)15(12,13)5-3-4-11/h8-9,11H,3-7H2,1-2H3/t8-,9+. The fraction of sp³-hybridized carbons (Fsp3) is 1.00. The topological polar surface area (TPSA) is 66.8 Å². The summed E-state index contributed by atoms with van der Waals surface area (Å²) in [6.07, 6.45) is 0.179. The summed E-state index contributed by atoms with van der Waals surface area (Å²) in [6, 6.07) is 0. The van der Waals surface area contributed by atoms with Crippen LogP contribution in [0.2, 0.25) is 0 Å². The molecule has 0 unspecified atom stereocenters. The molecule has 1 heterocycles. The van der Waals surface area contributed by atoms with Crippen molar-refractivity contribution in [2.75, 3.05) is 25.4 Å². The summed E-state index contributed by atoms with van der Waals surface area (Å²) in [5.74, 6) is 0.0168. The van der Waals surface area contributed by atoms with Crippen molar-refractivity contribution in [3.05, 3.63) is 0 Å². The van der Waals surface area contributed by atoms with Crippen LogP contribution in [0.4, 0.5) is 0 Å². The molecule has 1 aliphatic heterocycles. The van der Waals surface area contributed by atoms with Crippen LogP contribution in [0.15, 0.2) is 0 Å². The normalized spacial score (nSPS) is 29.3. The molecular weight excluding hydrogens is 218 g/mol. The number of sulfonamides is 1. The highest BCUT2D eigenvalue weighted by Crippen LogP contribution is 2.15. The lowest BCUT2D eigenvalue weighted by atomic mass is 10.3. The second-order valence-electron chi connectivity index (χ2n) is 3.97. The fourth-order valence-corrected chi connectivity index (χ4v) is 3.36. The van der Waals surface area contributed by atoms with E-state index in [1.54, 1.807) is 0 Å². The van der Waals surface area contributed by atoms with E-state index in [-0.39, 0.29) is 24.6 Å². The Morgan fingerprint density at radius 2 is 1.87 bits per heavy atom. The van der Waals surface area contributed by atoms with Gasteiger partial charge < -0.3 is 9.84 Å². The fourth-order valence-electron chi connectivity index (χ4n) is 1.73. The van der Waals surface area contributed by atoms with E-state index in [1.807, 2.05) is 13.8 Å². The molecule has 1 aliphatic rings. The Balaban J connectivity index is 2.61. The minimum Gasteiger partial charge on any atom is -0.396 e. The molecule has 0 aromatic heterocycles. The van der Waals surface area contributed by atoms with Gasteiger partial charge in [0.25, 0.3) is 0 Å². The molecule has 2 atom stereocenters. The van der Waals surface area contributed by atoms with E-state index < -0.39 is 10.0 Å². The first-order valence-corrected chi connectivity index (χ1v) is 6.81. The molecule has 0 spiro atoms. The zero-order chi connectivity index (χ0) is 11.5. The van der Waals surface area contributed by atoms with E-state index in [0.717, 1.165) is 0 Å². The number of rotatable bonds is 4. The van der Waals surface area contributed by atoms with E-state index in [2.05, 4.69) is 0 Å². The van der Waals surface area contributed by atoms with Crippen LogP contribution in [0.5, 0.6) is 0 Å². The smallest absolute Gasteiger partial charge is 0.214 e. The van der Waals surface area contributed by atoms with Crippen molar-refractivity contribution in [1.29, 1.82) is 0 Å². The molecule has 1 fully saturated rings. The Kier molecular flexibility index (Phi) is 4.51. The number of aliphatic hydroxyl groups is 1. The van der Waals surface area contributed by atoms with Crippen molar-refractivity contribution in [2.45, 2.75) is 32.5 Å². The van der Waals surface area contributed by atoms with Gasteiger partial charge in [-0.15, -0.1) is 0 Å². The number of morpholine rings is 1. The summed E-state index contributed by atoms with van der Waals surface area (Å²) in [7, 11) is -3.22. The molecule has 0 bridgehead atoms. The molecule has 0 saturated carbocycles. The zero-order valence-corrected chi connectivity index (χ0v) is 10.0. The summed E-state index contributed by atoms with van der Waals surface area (Å²) in [6.45, 7) is 4.47. The van der Waals surface area contributed by atoms with Gasteiger partial charge in [0, 0.05) is 19.7 Å². The number of ether oxygens (including phenoxy) is 1. The van der Waals surface area contributed by atoms with Gasteiger partial charge in [-0.05, 0) is 20.3 Å². The lowest BCUT2D eigenvalue weighted by molar-refractivity contribution is -0.0440. The first-order chi connectivity index (χ1) is 6.95. The summed E-state index contributed by atoms with van der Waals surface area (Å²) >= 11 is 0. The molecule has 0 aromatic carbocycles. The van der Waals surface area contributed by atoms with Crippen LogP contribution in [-0.4, -0.2) is 55.5 Å². The zero-order valence-electron chi connectivity index (χ0n) is 9.22. The Labute approximate surface area is 91.1 Å². The van der Waals surface area contributed by atoms with Gasteiger partial charge in [0.15, 0.2) is 0 Å². The first kappa shape index (κ1) is 12.9. The van der Waals surface area contributed by atoms with Gasteiger partial charge in [0.2, 0.25) is 10.0 Å². The van der Waals surface area contributed by atoms with Crippen LogP contribution in [0.1, 0.15) is 20.3 Å². The van der Waals surface area contributed by atoms with E-state index >= 15 is 0 Å². The van der Waals surface area contributed by atoms with Crippen LogP contribution in [-0.2, 0) is 14.8 Å². The molecule has 0 aliphatic carbocycles. The van der Waals surface area contributed by atoms with Crippen LogP contribution < -0.4 is 0 Å². The average Bonchev–Trinajstić information content (AvgIpc) is 2.13. The summed E-state index contributed by atoms with van der Waals surface area (Å²) < 4.78 is 30.5. The third-order valence-corrected chi connectivity index (χ3v) is 4.23. The maximum absolute atomic E-state index is 11.8. The Hall–Kier alpha value is -0.170. The lowest BCUT2D eigenvalue weighted by Gasteiger charge is -2.34. The number of nitrogens with zero attached hydrogens (tertiary/aromatic N) is 1. The van der Waals surface area contributed by atoms with Gasteiger partial charge in [-0.2, -0.15) is 4.31 Å². The molecule has 5 nitrogen and oxygen atoms in total. The largest absolute Gasteiger partial charge is 0.396 e. The van der Waals surface area contributed by atoms with Gasteiger partial charge in [-0.1, -0.05) is 0 Å². The molecular formula is C9H19NO4S. The van der Waals surface area contributed by atoms with Crippen molar-refractivity contribution >= 4 is 10.0 Å². The Bertz CT molecular complexity index is 280. The van der Waals surface area contributed by atoms with Crippen LogP contribution in [0, 0.1) is 0 Å². The minimum absolute atomic E-state index is 0.0168. The monoisotopic (exact) mass is 237 g/mol. The highest BCUT2D eigenvalue weighted by molar-refractivity contribution is 7.89. The second kappa shape index (κ2) is 5.25. The van der Waals surface area contributed by atoms with Crippen molar-refractivity contribution in [3.8, 4) is 0 Å². The van der Waals surface area contributed by atoms with E-state index in [1.165, 1.54) is 4.31 Å². The van der Waals surface area contributed by atoms with Crippen LogP contribution in [0.25, 0.3) is 0 Å². The van der Waals surface area contributed by atoms with Crippen LogP contribution in [0.3, 0.4) is 0 Å². The van der Waals surface area contributed by atoms with Crippen molar-refractivity contribution in [3.63, 3.8) is 0 Å². The van der Waals surface area contributed by atoms with Gasteiger partial charge in [-0.25, -0.2) is 8.42 Å². The molecule has 0 aromatic rings. The molecule has 90 valence electrons. The molecule has 0 radical (unpaired) electrons. The van der Waals surface area contributed by atoms with Gasteiger partial charge in [-0.3, -0.25) is 0 Å². The lowest BCUT2D eigenvalue weighted by Crippen LogP contribution is -2.48. The predicted octanol–water partition coefficient (Wildman–Crippen LogP) is -0.192. The highest BCUT2D eigenvalue weighted by Gasteiger charge is 2.30. The van der Waals surface area contributed by atoms with Gasteiger partial charge in [0.05, 0.1) is 18.0 Å². The molecule has 0 amide bonds. The number of hydrogen-bond acceptors (Lipinski definition) is 4. The summed E-state index contributed by atoms with van der Waals surface area (Å²) in [4.78, 5) is 0. The second-order valence-corrected chi connectivity index (χ2v) is 6.06. The predicted molar refractivity (Wildman–Crippen MR) is 57.1 cm³/mol. The molecule has 6 heteroatoms. The van der Waals surface area contributed by atoms with Crippen molar-refractivity contribution in [1.82, 2.24) is 4.31 Å². The Morgan fingerprint density at radius 1 is 1.33 bits per heavy atom. The highest BCUT2D eigenvalue weighted by atomic mass is 32.2. The number of aliphatic hydroxyl groups excluding tert-OH is 1. The molecule has 1 N–H and O–H groups in total. The Morgan fingerprint density at radius 3 is 2.33 bits per heavy atom. The van der Waals surface area contributed by atoms with E-state index in [4.69, 9.17) is 9.84 Å². The van der Waals surface area contributed by atoms with E-state index in [9.17, 15) is 8.42 Å². The molecule has 15 heavy (non-hydrogen) atoms. The third-order valence-electron chi connectivity index (χ3n) is 2.34. The summed E-state index contributed by atoms with van der Waals surface area (Å²) in [5, 5.41) is 8.62. The summed E-state index contributed by atoms with van der Waals surface area (Å²) in [5.41, 5.74) is 0. The first-order valence-electron chi connectivity index (χ1n) is 5.20. The minimum atomic E-state index is -3.22. The van der Waals surface area contributed by atoms with Crippen molar-refractivity contribution < 1.29 is 18.3 Å². The maximum atomic E-state index is 11.8. The SMILES string of the molecule is C[C@@H]1CN(S(=O)(=O)CCCO)C[C@H](C)O1. The van der Waals surface area contributed by atoms with Gasteiger partial charge in [0.1, 0.15) is 0 Å². The number of hydrogen-bond donors (Lipinski definition) is 1. The van der Waals surface area contributed by atoms with Crippen molar-refractivity contribution in [2.24, 2.45) is 0 Å². The maximum Gasteiger partial charge on any atom is 0.214 e. The third kappa shape index (κ3) is 3.71. The van der Waals surface area contributed by atoms with Crippen LogP contribution >= 0.6 is 0 Å².